The van der Waals surface area contributed by atoms with Gasteiger partial charge < -0.3 is 10.1 Å². The lowest BCUT2D eigenvalue weighted by Gasteiger charge is -2.05. The second-order valence-corrected chi connectivity index (χ2v) is 7.88. The Balaban J connectivity index is 1.38. The SMILES string of the molecule is CC(=O)Nc1ccc(-c2csc3nc(NC(=O)CCOc4ccc(Cl)cc4)nn23)cc1. The Labute approximate surface area is 186 Å². The molecule has 4 rings (SSSR count). The van der Waals surface area contributed by atoms with Crippen molar-refractivity contribution >= 4 is 51.3 Å². The van der Waals surface area contributed by atoms with Gasteiger partial charge in [0.2, 0.25) is 22.7 Å². The molecular weight excluding hydrogens is 438 g/mol. The number of thiazole rings is 1. The molecule has 0 fully saturated rings. The minimum absolute atomic E-state index is 0.124. The Hall–Kier alpha value is -3.43. The number of nitrogens with one attached hydrogen (secondary N) is 2. The van der Waals surface area contributed by atoms with Crippen LogP contribution in [0.25, 0.3) is 16.2 Å². The lowest BCUT2D eigenvalue weighted by atomic mass is 10.1. The molecular formula is C21H18ClN5O3S. The van der Waals surface area contributed by atoms with E-state index in [1.165, 1.54) is 18.3 Å². The lowest BCUT2D eigenvalue weighted by molar-refractivity contribution is -0.117. The molecule has 10 heteroatoms. The first-order valence-electron chi connectivity index (χ1n) is 9.38. The first-order valence-corrected chi connectivity index (χ1v) is 10.6. The van der Waals surface area contributed by atoms with Gasteiger partial charge >= 0.3 is 0 Å². The first kappa shape index (κ1) is 20.8. The molecule has 158 valence electrons. The smallest absolute Gasteiger partial charge is 0.250 e. The Bertz CT molecular complexity index is 1220. The summed E-state index contributed by atoms with van der Waals surface area (Å²) in [6.45, 7) is 1.69. The molecule has 8 nitrogen and oxygen atoms in total. The largest absolute Gasteiger partial charge is 0.493 e. The van der Waals surface area contributed by atoms with Gasteiger partial charge in [0.1, 0.15) is 5.75 Å². The predicted molar refractivity (Wildman–Crippen MR) is 121 cm³/mol. The maximum Gasteiger partial charge on any atom is 0.250 e. The number of amides is 2. The topological polar surface area (TPSA) is 97.6 Å². The van der Waals surface area contributed by atoms with Gasteiger partial charge in [0.25, 0.3) is 0 Å². The zero-order valence-corrected chi connectivity index (χ0v) is 18.0. The fourth-order valence-corrected chi connectivity index (χ4v) is 3.80. The number of fused-ring (bicyclic) bond motifs is 1. The molecule has 0 aliphatic heterocycles. The number of anilines is 2. The molecule has 4 aromatic rings. The van der Waals surface area contributed by atoms with Crippen LogP contribution >= 0.6 is 22.9 Å². The van der Waals surface area contributed by atoms with E-state index in [4.69, 9.17) is 16.3 Å². The van der Waals surface area contributed by atoms with Crippen LogP contribution < -0.4 is 15.4 Å². The molecule has 0 aliphatic carbocycles. The van der Waals surface area contributed by atoms with Crippen molar-refractivity contribution in [3.05, 3.63) is 58.9 Å². The molecule has 31 heavy (non-hydrogen) atoms. The van der Waals surface area contributed by atoms with Gasteiger partial charge in [0.05, 0.1) is 18.7 Å². The van der Waals surface area contributed by atoms with Gasteiger partial charge in [-0.15, -0.1) is 16.4 Å². The fraction of sp³-hybridized carbons (Fsp3) is 0.143. The second-order valence-electron chi connectivity index (χ2n) is 6.61. The van der Waals surface area contributed by atoms with Crippen molar-refractivity contribution in [1.82, 2.24) is 14.6 Å². The quantitative estimate of drug-likeness (QED) is 0.428. The summed E-state index contributed by atoms with van der Waals surface area (Å²) >= 11 is 7.26. The number of hydrogen-bond acceptors (Lipinski definition) is 6. The van der Waals surface area contributed by atoms with Crippen molar-refractivity contribution in [1.29, 1.82) is 0 Å². The maximum atomic E-state index is 12.2. The summed E-state index contributed by atoms with van der Waals surface area (Å²) in [5.41, 5.74) is 2.48. The highest BCUT2D eigenvalue weighted by Crippen LogP contribution is 2.27. The summed E-state index contributed by atoms with van der Waals surface area (Å²) in [5, 5.41) is 12.4. The monoisotopic (exact) mass is 455 g/mol. The standard InChI is InChI=1S/C21H18ClN5O3S/c1-13(28)23-16-6-2-14(3-7-16)18-12-31-21-25-20(26-27(18)21)24-19(29)10-11-30-17-8-4-15(22)5-9-17/h2-9,12H,10-11H2,1H3,(H,23,28)(H,24,26,29). The van der Waals surface area contributed by atoms with Crippen LogP contribution in [0.3, 0.4) is 0 Å². The highest BCUT2D eigenvalue weighted by molar-refractivity contribution is 7.15. The van der Waals surface area contributed by atoms with E-state index in [9.17, 15) is 9.59 Å². The molecule has 0 aliphatic rings. The van der Waals surface area contributed by atoms with Crippen LogP contribution in [0.4, 0.5) is 11.6 Å². The van der Waals surface area contributed by atoms with E-state index < -0.39 is 0 Å². The predicted octanol–water partition coefficient (Wildman–Crippen LogP) is 4.48. The minimum Gasteiger partial charge on any atom is -0.493 e. The number of rotatable bonds is 7. The number of hydrogen-bond donors (Lipinski definition) is 2. The number of carbonyl (C=O) groups is 2. The molecule has 2 N–H and O–H groups in total. The zero-order chi connectivity index (χ0) is 21.8. The summed E-state index contributed by atoms with van der Waals surface area (Å²) in [7, 11) is 0. The fourth-order valence-electron chi connectivity index (χ4n) is 2.84. The first-order chi connectivity index (χ1) is 15.0. The number of aromatic nitrogens is 3. The Morgan fingerprint density at radius 2 is 1.84 bits per heavy atom. The molecule has 0 bridgehead atoms. The van der Waals surface area contributed by atoms with E-state index in [2.05, 4.69) is 20.7 Å². The van der Waals surface area contributed by atoms with Crippen molar-refractivity contribution in [3.63, 3.8) is 0 Å². The van der Waals surface area contributed by atoms with Gasteiger partial charge in [-0.3, -0.25) is 14.9 Å². The van der Waals surface area contributed by atoms with Crippen molar-refractivity contribution in [2.24, 2.45) is 0 Å². The van der Waals surface area contributed by atoms with Crippen LogP contribution in [-0.4, -0.2) is 33.0 Å². The highest BCUT2D eigenvalue weighted by Gasteiger charge is 2.13. The van der Waals surface area contributed by atoms with Crippen LogP contribution in [0.5, 0.6) is 5.75 Å². The summed E-state index contributed by atoms with van der Waals surface area (Å²) in [6, 6.07) is 14.4. The van der Waals surface area contributed by atoms with Gasteiger partial charge in [-0.05, 0) is 36.4 Å². The number of benzene rings is 2. The van der Waals surface area contributed by atoms with Crippen molar-refractivity contribution < 1.29 is 14.3 Å². The third-order valence-electron chi connectivity index (χ3n) is 4.25. The molecule has 0 saturated carbocycles. The van der Waals surface area contributed by atoms with Gasteiger partial charge in [-0.1, -0.05) is 23.7 Å². The molecule has 2 amide bonds. The van der Waals surface area contributed by atoms with E-state index in [1.54, 1.807) is 28.8 Å². The Morgan fingerprint density at radius 3 is 2.55 bits per heavy atom. The molecule has 2 aromatic heterocycles. The van der Waals surface area contributed by atoms with Crippen molar-refractivity contribution in [2.75, 3.05) is 17.2 Å². The number of carbonyl (C=O) groups excluding carboxylic acids is 2. The summed E-state index contributed by atoms with van der Waals surface area (Å²) in [5.74, 6) is 0.515. The highest BCUT2D eigenvalue weighted by atomic mass is 35.5. The van der Waals surface area contributed by atoms with Gasteiger partial charge in [0.15, 0.2) is 0 Å². The average Bonchev–Trinajstić information content (AvgIpc) is 3.30. The Morgan fingerprint density at radius 1 is 1.10 bits per heavy atom. The van der Waals surface area contributed by atoms with Crippen LogP contribution in [0.15, 0.2) is 53.9 Å². The average molecular weight is 456 g/mol. The van der Waals surface area contributed by atoms with Crippen LogP contribution in [0.1, 0.15) is 13.3 Å². The van der Waals surface area contributed by atoms with Gasteiger partial charge in [-0.2, -0.15) is 4.98 Å². The lowest BCUT2D eigenvalue weighted by Crippen LogP contribution is -2.16. The molecule has 0 spiro atoms. The normalized spacial score (nSPS) is 10.8. The van der Waals surface area contributed by atoms with Crippen LogP contribution in [0.2, 0.25) is 5.02 Å². The zero-order valence-electron chi connectivity index (χ0n) is 16.5. The molecule has 0 saturated heterocycles. The third kappa shape index (κ3) is 5.19. The molecule has 2 heterocycles. The maximum absolute atomic E-state index is 12.2. The van der Waals surface area contributed by atoms with Crippen molar-refractivity contribution in [3.8, 4) is 17.0 Å². The van der Waals surface area contributed by atoms with Crippen LogP contribution in [0, 0.1) is 0 Å². The van der Waals surface area contributed by atoms with E-state index in [0.29, 0.717) is 15.7 Å². The van der Waals surface area contributed by atoms with E-state index in [-0.39, 0.29) is 30.8 Å². The van der Waals surface area contributed by atoms with E-state index in [1.807, 2.05) is 29.6 Å². The molecule has 0 radical (unpaired) electrons. The van der Waals surface area contributed by atoms with Crippen LogP contribution in [-0.2, 0) is 9.59 Å². The third-order valence-corrected chi connectivity index (χ3v) is 5.31. The Kier molecular flexibility index (Phi) is 6.15. The summed E-state index contributed by atoms with van der Waals surface area (Å²) in [4.78, 5) is 28.4. The number of nitrogens with zero attached hydrogens (tertiary/aromatic N) is 3. The van der Waals surface area contributed by atoms with E-state index >= 15 is 0 Å². The summed E-state index contributed by atoms with van der Waals surface area (Å²) in [6.07, 6.45) is 0.160. The number of halogens is 1. The molecule has 2 aromatic carbocycles. The molecule has 0 atom stereocenters. The number of ether oxygens (including phenoxy) is 1. The van der Waals surface area contributed by atoms with Gasteiger partial charge in [0, 0.05) is 28.6 Å². The van der Waals surface area contributed by atoms with Crippen molar-refractivity contribution in [2.45, 2.75) is 13.3 Å². The molecule has 0 unspecified atom stereocenters. The minimum atomic E-state index is -0.242. The van der Waals surface area contributed by atoms with Gasteiger partial charge in [-0.25, -0.2) is 4.52 Å². The summed E-state index contributed by atoms with van der Waals surface area (Å²) < 4.78 is 7.21. The van der Waals surface area contributed by atoms with E-state index in [0.717, 1.165) is 16.9 Å². The second kappa shape index (κ2) is 9.15.